The fraction of sp³-hybridized carbons (Fsp3) is 0.0882. The summed E-state index contributed by atoms with van der Waals surface area (Å²) in [4.78, 5) is 23.6. The minimum Gasteiger partial charge on any atom is -0.484 e. The molecule has 3 heterocycles. The van der Waals surface area contributed by atoms with E-state index in [1.165, 1.54) is 18.4 Å². The number of hydrogen-bond acceptors (Lipinski definition) is 6. The van der Waals surface area contributed by atoms with Gasteiger partial charge in [-0.3, -0.25) is 4.40 Å². The molecule has 0 fully saturated rings. The molecule has 3 aromatic carbocycles. The zero-order valence-corrected chi connectivity index (χ0v) is 24.5. The zero-order chi connectivity index (χ0) is 29.1. The van der Waals surface area contributed by atoms with Gasteiger partial charge in [-0.15, -0.1) is 11.3 Å². The molecule has 6 aromatic rings. The Morgan fingerprint density at radius 1 is 0.929 bits per heavy atom. The maximum Gasteiger partial charge on any atom is 0.351 e. The predicted molar refractivity (Wildman–Crippen MR) is 169 cm³/mol. The van der Waals surface area contributed by atoms with Crippen molar-refractivity contribution >= 4 is 46.0 Å². The normalized spacial score (nSPS) is 11.7. The van der Waals surface area contributed by atoms with Crippen molar-refractivity contribution in [2.45, 2.75) is 13.0 Å². The van der Waals surface area contributed by atoms with Crippen LogP contribution >= 0.6 is 22.9 Å². The molecular weight excluding hydrogens is 566 g/mol. The van der Waals surface area contributed by atoms with E-state index in [0.717, 1.165) is 44.3 Å². The first-order chi connectivity index (χ1) is 20.5. The largest absolute Gasteiger partial charge is 0.484 e. The van der Waals surface area contributed by atoms with Crippen molar-refractivity contribution < 1.29 is 14.3 Å². The molecule has 0 N–H and O–H groups in total. The van der Waals surface area contributed by atoms with Crippen molar-refractivity contribution in [1.29, 1.82) is 0 Å². The number of carbonyl (C=O) groups is 1. The number of ether oxygens (including phenoxy) is 2. The SMILES string of the molecule is COC(=O)c1sc(-c2cnc3ccc(N=C(c4ccccc4)c4ccccc4)cn23)cc1OC(C)c1ccccc1Cl. The number of benzene rings is 3. The average molecular weight is 592 g/mol. The molecule has 3 aromatic heterocycles. The fourth-order valence-corrected chi connectivity index (χ4v) is 6.02. The highest BCUT2D eigenvalue weighted by atomic mass is 35.5. The van der Waals surface area contributed by atoms with E-state index < -0.39 is 5.97 Å². The highest BCUT2D eigenvalue weighted by molar-refractivity contribution is 7.17. The van der Waals surface area contributed by atoms with E-state index in [2.05, 4.69) is 29.2 Å². The minimum absolute atomic E-state index is 0.367. The van der Waals surface area contributed by atoms with Crippen LogP contribution in [0.1, 0.15) is 39.4 Å². The van der Waals surface area contributed by atoms with E-state index >= 15 is 0 Å². The number of halogens is 1. The van der Waals surface area contributed by atoms with E-state index in [1.54, 1.807) is 6.20 Å². The van der Waals surface area contributed by atoms with Gasteiger partial charge in [0.25, 0.3) is 0 Å². The van der Waals surface area contributed by atoms with E-state index in [0.29, 0.717) is 15.6 Å². The van der Waals surface area contributed by atoms with Crippen LogP contribution < -0.4 is 4.74 Å². The first-order valence-electron chi connectivity index (χ1n) is 13.3. The summed E-state index contributed by atoms with van der Waals surface area (Å²) in [6, 6.07) is 33.5. The van der Waals surface area contributed by atoms with Gasteiger partial charge in [0.2, 0.25) is 0 Å². The number of methoxy groups -OCH3 is 1. The van der Waals surface area contributed by atoms with E-state index in [9.17, 15) is 4.79 Å². The van der Waals surface area contributed by atoms with Crippen LogP contribution in [0.3, 0.4) is 0 Å². The Kier molecular flexibility index (Phi) is 7.86. The van der Waals surface area contributed by atoms with Crippen LogP contribution in [0.5, 0.6) is 5.75 Å². The highest BCUT2D eigenvalue weighted by Crippen LogP contribution is 2.40. The summed E-state index contributed by atoms with van der Waals surface area (Å²) in [6.45, 7) is 1.90. The summed E-state index contributed by atoms with van der Waals surface area (Å²) < 4.78 is 13.3. The Balaban J connectivity index is 1.41. The molecule has 0 spiro atoms. The fourth-order valence-electron chi connectivity index (χ4n) is 4.72. The van der Waals surface area contributed by atoms with Crippen molar-refractivity contribution in [1.82, 2.24) is 9.38 Å². The van der Waals surface area contributed by atoms with Gasteiger partial charge < -0.3 is 9.47 Å². The van der Waals surface area contributed by atoms with Crippen LogP contribution in [0.25, 0.3) is 16.2 Å². The molecule has 0 aliphatic heterocycles. The Labute approximate surface area is 252 Å². The Morgan fingerprint density at radius 2 is 1.60 bits per heavy atom. The third-order valence-corrected chi connectivity index (χ3v) is 8.26. The summed E-state index contributed by atoms with van der Waals surface area (Å²) in [5.41, 5.74) is 6.05. The van der Waals surface area contributed by atoms with Crippen molar-refractivity contribution in [2.75, 3.05) is 7.11 Å². The van der Waals surface area contributed by atoms with Crippen LogP contribution in [0.4, 0.5) is 5.69 Å². The van der Waals surface area contributed by atoms with Crippen LogP contribution in [0.15, 0.2) is 121 Å². The lowest BCUT2D eigenvalue weighted by Crippen LogP contribution is -2.07. The zero-order valence-electron chi connectivity index (χ0n) is 22.9. The molecule has 0 saturated heterocycles. The highest BCUT2D eigenvalue weighted by Gasteiger charge is 2.23. The Bertz CT molecular complexity index is 1860. The number of nitrogens with zero attached hydrogens (tertiary/aromatic N) is 3. The molecule has 0 saturated carbocycles. The van der Waals surface area contributed by atoms with Gasteiger partial charge in [-0.1, -0.05) is 90.5 Å². The number of pyridine rings is 1. The molecule has 6 nitrogen and oxygen atoms in total. The predicted octanol–water partition coefficient (Wildman–Crippen LogP) is 8.81. The topological polar surface area (TPSA) is 65.2 Å². The second kappa shape index (κ2) is 12.0. The second-order valence-electron chi connectivity index (χ2n) is 9.53. The van der Waals surface area contributed by atoms with E-state index in [-0.39, 0.29) is 6.10 Å². The molecule has 1 atom stereocenters. The summed E-state index contributed by atoms with van der Waals surface area (Å²) in [7, 11) is 1.36. The molecular formula is C34H26ClN3O3S. The molecule has 0 radical (unpaired) electrons. The summed E-state index contributed by atoms with van der Waals surface area (Å²) in [5.74, 6) is -0.0454. The standard InChI is InChI=1S/C34H26ClN3O3S/c1-22(26-15-9-10-16-27(26)35)41-29-19-30(42-33(29)34(39)40-2)28-20-36-31-18-17-25(21-38(28)31)37-32(23-11-5-3-6-12-23)24-13-7-4-8-14-24/h3-22H,1-2H3. The number of thiophene rings is 1. The van der Waals surface area contributed by atoms with E-state index in [4.69, 9.17) is 26.1 Å². The molecule has 42 heavy (non-hydrogen) atoms. The van der Waals surface area contributed by atoms with Gasteiger partial charge >= 0.3 is 5.97 Å². The number of imidazole rings is 1. The average Bonchev–Trinajstić information content (AvgIpc) is 3.64. The number of hydrogen-bond donors (Lipinski definition) is 0. The lowest BCUT2D eigenvalue weighted by molar-refractivity contribution is 0.0600. The second-order valence-corrected chi connectivity index (χ2v) is 11.0. The molecule has 0 amide bonds. The monoisotopic (exact) mass is 591 g/mol. The number of carbonyl (C=O) groups excluding carboxylic acids is 1. The van der Waals surface area contributed by atoms with Gasteiger partial charge in [-0.05, 0) is 25.1 Å². The number of aromatic nitrogens is 2. The van der Waals surface area contributed by atoms with Crippen LogP contribution in [-0.4, -0.2) is 28.2 Å². The first-order valence-corrected chi connectivity index (χ1v) is 14.5. The molecule has 208 valence electrons. The summed E-state index contributed by atoms with van der Waals surface area (Å²) >= 11 is 7.69. The number of fused-ring (bicyclic) bond motifs is 1. The Morgan fingerprint density at radius 3 is 2.26 bits per heavy atom. The molecule has 6 rings (SSSR count). The number of rotatable bonds is 8. The summed E-state index contributed by atoms with van der Waals surface area (Å²) in [5, 5.41) is 0.598. The minimum atomic E-state index is -0.470. The Hall–Kier alpha value is -4.72. The van der Waals surface area contributed by atoms with Gasteiger partial charge in [-0.25, -0.2) is 14.8 Å². The number of esters is 1. The van der Waals surface area contributed by atoms with Gasteiger partial charge in [0.15, 0.2) is 4.88 Å². The van der Waals surface area contributed by atoms with Crippen molar-refractivity contribution in [3.8, 4) is 16.3 Å². The smallest absolute Gasteiger partial charge is 0.351 e. The lowest BCUT2D eigenvalue weighted by atomic mass is 10.0. The van der Waals surface area contributed by atoms with Crippen molar-refractivity contribution in [2.24, 2.45) is 4.99 Å². The van der Waals surface area contributed by atoms with E-state index in [1.807, 2.05) is 96.4 Å². The first kappa shape index (κ1) is 27.4. The maximum absolute atomic E-state index is 12.8. The molecule has 0 aliphatic carbocycles. The van der Waals surface area contributed by atoms with Gasteiger partial charge in [0, 0.05) is 34.0 Å². The van der Waals surface area contributed by atoms with Crippen LogP contribution in [-0.2, 0) is 4.74 Å². The third kappa shape index (κ3) is 5.57. The molecule has 8 heteroatoms. The van der Waals surface area contributed by atoms with Crippen molar-refractivity contribution in [3.05, 3.63) is 142 Å². The lowest BCUT2D eigenvalue weighted by Gasteiger charge is -2.16. The molecule has 0 bridgehead atoms. The quantitative estimate of drug-likeness (QED) is 0.131. The van der Waals surface area contributed by atoms with Gasteiger partial charge in [-0.2, -0.15) is 0 Å². The molecule has 1 unspecified atom stereocenters. The third-order valence-electron chi connectivity index (χ3n) is 6.79. The maximum atomic E-state index is 12.8. The number of aliphatic imine (C=N–C) groups is 1. The van der Waals surface area contributed by atoms with Crippen LogP contribution in [0, 0.1) is 0 Å². The van der Waals surface area contributed by atoms with Crippen molar-refractivity contribution in [3.63, 3.8) is 0 Å². The van der Waals surface area contributed by atoms with Gasteiger partial charge in [0.1, 0.15) is 17.5 Å². The van der Waals surface area contributed by atoms with Gasteiger partial charge in [0.05, 0.1) is 35.3 Å². The summed E-state index contributed by atoms with van der Waals surface area (Å²) in [6.07, 6.45) is 3.35. The van der Waals surface area contributed by atoms with Crippen LogP contribution in [0.2, 0.25) is 5.02 Å². The molecule has 0 aliphatic rings.